The quantitative estimate of drug-likeness (QED) is 0.811. The molecule has 0 aliphatic carbocycles. The number of piperazine rings is 1. The van der Waals surface area contributed by atoms with Crippen molar-refractivity contribution in [1.29, 1.82) is 0 Å². The molecule has 19 heavy (non-hydrogen) atoms. The number of halogens is 1. The average molecular weight is 267 g/mol. The first-order valence-corrected chi connectivity index (χ1v) is 6.19. The summed E-state index contributed by atoms with van der Waals surface area (Å²) in [4.78, 5) is 13.3. The van der Waals surface area contributed by atoms with E-state index in [-0.39, 0.29) is 11.6 Å². The van der Waals surface area contributed by atoms with Gasteiger partial charge >= 0.3 is 0 Å². The molecule has 1 aromatic carbocycles. The number of methoxy groups -OCH3 is 1. The number of rotatable bonds is 4. The minimum atomic E-state index is -0.403. The van der Waals surface area contributed by atoms with Crippen molar-refractivity contribution in [1.82, 2.24) is 10.2 Å². The number of nitrogens with one attached hydrogen (secondary N) is 1. The maximum absolute atomic E-state index is 14.1. The number of nitrogens with zero attached hydrogens (tertiary/aromatic N) is 1. The lowest BCUT2D eigenvalue weighted by molar-refractivity contribution is -0.124. The summed E-state index contributed by atoms with van der Waals surface area (Å²) in [7, 11) is 1.43. The van der Waals surface area contributed by atoms with Crippen molar-refractivity contribution in [2.24, 2.45) is 5.73 Å². The van der Waals surface area contributed by atoms with Gasteiger partial charge in [-0.05, 0) is 6.07 Å². The Morgan fingerprint density at radius 3 is 3.11 bits per heavy atom. The summed E-state index contributed by atoms with van der Waals surface area (Å²) in [6, 6.07) is 4.60. The van der Waals surface area contributed by atoms with E-state index in [1.54, 1.807) is 18.2 Å². The molecular weight excluding hydrogens is 249 g/mol. The molecule has 0 bridgehead atoms. The first-order chi connectivity index (χ1) is 9.13. The molecule has 1 saturated heterocycles. The molecule has 0 spiro atoms. The first kappa shape index (κ1) is 13.8. The maximum atomic E-state index is 14.1. The Morgan fingerprint density at radius 1 is 1.63 bits per heavy atom. The van der Waals surface area contributed by atoms with Crippen LogP contribution in [0.25, 0.3) is 0 Å². The fourth-order valence-electron chi connectivity index (χ4n) is 2.27. The molecule has 0 aromatic heterocycles. The van der Waals surface area contributed by atoms with Crippen LogP contribution in [-0.4, -0.2) is 43.6 Å². The zero-order valence-corrected chi connectivity index (χ0v) is 10.9. The lowest BCUT2D eigenvalue weighted by Gasteiger charge is -2.34. The van der Waals surface area contributed by atoms with Crippen LogP contribution in [0.4, 0.5) is 4.39 Å². The molecule has 1 amide bonds. The fraction of sp³-hybridized carbons (Fsp3) is 0.462. The minimum Gasteiger partial charge on any atom is -0.494 e. The van der Waals surface area contributed by atoms with E-state index in [1.165, 1.54) is 7.11 Å². The maximum Gasteiger partial charge on any atom is 0.236 e. The number of benzene rings is 1. The van der Waals surface area contributed by atoms with E-state index in [0.29, 0.717) is 25.2 Å². The van der Waals surface area contributed by atoms with Crippen LogP contribution in [0.1, 0.15) is 5.56 Å². The minimum absolute atomic E-state index is 0.211. The van der Waals surface area contributed by atoms with Crippen molar-refractivity contribution in [3.05, 3.63) is 29.6 Å². The third-order valence-corrected chi connectivity index (χ3v) is 3.32. The molecule has 1 atom stereocenters. The number of carbonyl (C=O) groups is 1. The Bertz CT molecular complexity index is 467. The van der Waals surface area contributed by atoms with E-state index in [4.69, 9.17) is 10.5 Å². The molecule has 1 heterocycles. The second-order valence-electron chi connectivity index (χ2n) is 4.53. The highest BCUT2D eigenvalue weighted by Gasteiger charge is 2.27. The van der Waals surface area contributed by atoms with Gasteiger partial charge in [-0.2, -0.15) is 0 Å². The summed E-state index contributed by atoms with van der Waals surface area (Å²) in [5, 5.41) is 3.11. The van der Waals surface area contributed by atoms with Crippen molar-refractivity contribution in [2.75, 3.05) is 26.7 Å². The molecule has 1 fully saturated rings. The van der Waals surface area contributed by atoms with Crippen LogP contribution >= 0.6 is 0 Å². The molecule has 1 aliphatic rings. The summed E-state index contributed by atoms with van der Waals surface area (Å²) in [6.07, 6.45) is 0. The molecule has 1 unspecified atom stereocenters. The third-order valence-electron chi connectivity index (χ3n) is 3.32. The second-order valence-corrected chi connectivity index (χ2v) is 4.53. The van der Waals surface area contributed by atoms with Crippen LogP contribution in [0, 0.1) is 5.82 Å². The van der Waals surface area contributed by atoms with Gasteiger partial charge in [0.1, 0.15) is 6.04 Å². The van der Waals surface area contributed by atoms with E-state index in [1.807, 2.05) is 4.90 Å². The number of primary amides is 1. The number of amides is 1. The van der Waals surface area contributed by atoms with Crippen molar-refractivity contribution in [3.8, 4) is 5.75 Å². The van der Waals surface area contributed by atoms with Crippen LogP contribution in [0.2, 0.25) is 0 Å². The van der Waals surface area contributed by atoms with Gasteiger partial charge in [0, 0.05) is 31.7 Å². The predicted molar refractivity (Wildman–Crippen MR) is 69.2 cm³/mol. The predicted octanol–water partition coefficient (Wildman–Crippen LogP) is 0.0934. The highest BCUT2D eigenvalue weighted by atomic mass is 19.1. The highest BCUT2D eigenvalue weighted by molar-refractivity contribution is 5.80. The van der Waals surface area contributed by atoms with E-state index in [2.05, 4.69) is 5.32 Å². The van der Waals surface area contributed by atoms with Crippen molar-refractivity contribution in [3.63, 3.8) is 0 Å². The summed E-state index contributed by atoms with van der Waals surface area (Å²) < 4.78 is 19.0. The normalized spacial score (nSPS) is 20.2. The van der Waals surface area contributed by atoms with Crippen molar-refractivity contribution < 1.29 is 13.9 Å². The summed E-state index contributed by atoms with van der Waals surface area (Å²) in [5.41, 5.74) is 5.87. The largest absolute Gasteiger partial charge is 0.494 e. The van der Waals surface area contributed by atoms with Gasteiger partial charge in [-0.15, -0.1) is 0 Å². The Morgan fingerprint density at radius 2 is 2.42 bits per heavy atom. The van der Waals surface area contributed by atoms with Gasteiger partial charge in [0.2, 0.25) is 5.91 Å². The molecule has 1 aromatic rings. The highest BCUT2D eigenvalue weighted by Crippen LogP contribution is 2.22. The standard InChI is InChI=1S/C13H18FN3O2/c1-19-11-4-2-3-9(12(11)14)8-17-6-5-16-7-10(17)13(15)18/h2-4,10,16H,5-8H2,1H3,(H2,15,18). The SMILES string of the molecule is COc1cccc(CN2CCNCC2C(N)=O)c1F. The van der Waals surface area contributed by atoms with E-state index in [0.717, 1.165) is 6.54 Å². The molecule has 6 heteroatoms. The Labute approximate surface area is 111 Å². The van der Waals surface area contributed by atoms with E-state index in [9.17, 15) is 9.18 Å². The van der Waals surface area contributed by atoms with Gasteiger partial charge in [0.15, 0.2) is 11.6 Å². The van der Waals surface area contributed by atoms with Gasteiger partial charge in [0.05, 0.1) is 7.11 Å². The number of ether oxygens (including phenoxy) is 1. The van der Waals surface area contributed by atoms with Gasteiger partial charge in [-0.25, -0.2) is 4.39 Å². The molecule has 0 radical (unpaired) electrons. The summed E-state index contributed by atoms with van der Waals surface area (Å²) in [6.45, 7) is 2.26. The topological polar surface area (TPSA) is 67.6 Å². The van der Waals surface area contributed by atoms with E-state index >= 15 is 0 Å². The molecule has 5 nitrogen and oxygen atoms in total. The molecule has 0 saturated carbocycles. The smallest absolute Gasteiger partial charge is 0.236 e. The molecule has 1 aliphatic heterocycles. The van der Waals surface area contributed by atoms with Gasteiger partial charge < -0.3 is 15.8 Å². The second kappa shape index (κ2) is 5.99. The Kier molecular flexibility index (Phi) is 4.34. The number of hydrogen-bond donors (Lipinski definition) is 2. The third kappa shape index (κ3) is 3.02. The zero-order valence-electron chi connectivity index (χ0n) is 10.9. The Hall–Kier alpha value is -1.66. The van der Waals surface area contributed by atoms with Crippen LogP contribution in [-0.2, 0) is 11.3 Å². The monoisotopic (exact) mass is 267 g/mol. The summed E-state index contributed by atoms with van der Waals surface area (Å²) >= 11 is 0. The number of hydrogen-bond acceptors (Lipinski definition) is 4. The molecule has 3 N–H and O–H groups in total. The molecular formula is C13H18FN3O2. The van der Waals surface area contributed by atoms with E-state index < -0.39 is 11.9 Å². The van der Waals surface area contributed by atoms with Gasteiger partial charge in [-0.1, -0.05) is 12.1 Å². The lowest BCUT2D eigenvalue weighted by Crippen LogP contribution is -2.56. The van der Waals surface area contributed by atoms with Crippen LogP contribution in [0.5, 0.6) is 5.75 Å². The first-order valence-electron chi connectivity index (χ1n) is 6.19. The van der Waals surface area contributed by atoms with Gasteiger partial charge in [-0.3, -0.25) is 9.69 Å². The van der Waals surface area contributed by atoms with Crippen molar-refractivity contribution >= 4 is 5.91 Å². The van der Waals surface area contributed by atoms with Crippen molar-refractivity contribution in [2.45, 2.75) is 12.6 Å². The molecule has 2 rings (SSSR count). The fourth-order valence-corrected chi connectivity index (χ4v) is 2.27. The average Bonchev–Trinajstić information content (AvgIpc) is 2.41. The summed E-state index contributed by atoms with van der Waals surface area (Å²) in [5.74, 6) is -0.564. The Balaban J connectivity index is 2.17. The molecule has 104 valence electrons. The zero-order chi connectivity index (χ0) is 13.8. The number of carbonyl (C=O) groups excluding carboxylic acids is 1. The van der Waals surface area contributed by atoms with Crippen LogP contribution < -0.4 is 15.8 Å². The van der Waals surface area contributed by atoms with Crippen LogP contribution in [0.15, 0.2) is 18.2 Å². The van der Waals surface area contributed by atoms with Gasteiger partial charge in [0.25, 0.3) is 0 Å². The number of nitrogens with two attached hydrogens (primary N) is 1. The van der Waals surface area contributed by atoms with Crippen LogP contribution in [0.3, 0.4) is 0 Å². The lowest BCUT2D eigenvalue weighted by atomic mass is 10.1.